The molecule has 1 saturated heterocycles. The second kappa shape index (κ2) is 26.9. The average molecular weight is 1000 g/mol. The van der Waals surface area contributed by atoms with Gasteiger partial charge in [0.2, 0.25) is 5.95 Å². The van der Waals surface area contributed by atoms with Gasteiger partial charge in [0, 0.05) is 65.1 Å². The second-order valence-corrected chi connectivity index (χ2v) is 17.8. The smallest absolute Gasteiger partial charge is 0.339 e. The third-order valence-corrected chi connectivity index (χ3v) is 12.4. The van der Waals surface area contributed by atoms with Crippen molar-refractivity contribution in [1.29, 1.82) is 0 Å². The lowest BCUT2D eigenvalue weighted by Crippen LogP contribution is -2.53. The predicted octanol–water partition coefficient (Wildman–Crippen LogP) is -4.59. The predicted molar refractivity (Wildman–Crippen MR) is 256 cm³/mol. The number of fused-ring (bicyclic) bond motifs is 1. The third kappa shape index (κ3) is 14.6. The standard InChI is InChI=1S/C45H70N12O14/c1-4-5-18-56-36-41(49-44(56)54-16-11-12-27(46)19-54)52(2)45(70)57(42(36)68)22-30-29(43(69)71-3)13-14-35(48-30)47-15-9-7-6-8-10-17-55-21-28(50-51-55)20-53(23-31(60)37(64)39(66)33(62)25-58)24-32(61)38(65)40(67)34(63)26-59/h13-14,21,27,31-34,37-40,58-67H,6-12,15-20,22-26,46H2,1-3H3,(H,47,48)/t27?,31-,32-,33+,34+,37+,38+,39+,40+/m0/s1. The molecular weight excluding hydrogens is 933 g/mol. The number of aromatic nitrogens is 8. The first-order chi connectivity index (χ1) is 33.9. The summed E-state index contributed by atoms with van der Waals surface area (Å²) in [5, 5.41) is 112. The van der Waals surface area contributed by atoms with Crippen LogP contribution in [0.3, 0.4) is 0 Å². The van der Waals surface area contributed by atoms with Gasteiger partial charge in [0.05, 0.1) is 62.6 Å². The molecule has 4 aromatic rings. The minimum Gasteiger partial charge on any atom is -0.465 e. The van der Waals surface area contributed by atoms with Crippen LogP contribution >= 0.6 is 0 Å². The number of carbonyl (C=O) groups is 1. The van der Waals surface area contributed by atoms with Crippen molar-refractivity contribution in [3.05, 3.63) is 56.1 Å². The molecule has 71 heavy (non-hydrogen) atoms. The first-order valence-electron chi connectivity index (χ1n) is 23.6. The van der Waals surface area contributed by atoms with E-state index in [9.17, 15) is 55.2 Å². The van der Waals surface area contributed by atoms with Crippen LogP contribution in [-0.4, -0.2) is 209 Å². The number of nitrogens with two attached hydrogens (primary N) is 1. The number of ether oxygens (including phenoxy) is 1. The highest BCUT2D eigenvalue weighted by atomic mass is 16.5. The van der Waals surface area contributed by atoms with E-state index in [1.165, 1.54) is 29.7 Å². The molecule has 1 unspecified atom stereocenters. The Bertz CT molecular complexity index is 2490. The van der Waals surface area contributed by atoms with Crippen molar-refractivity contribution in [3.63, 3.8) is 0 Å². The number of hydrogen-bond acceptors (Lipinski definition) is 22. The average Bonchev–Trinajstić information content (AvgIpc) is 3.99. The van der Waals surface area contributed by atoms with Crippen LogP contribution in [0.15, 0.2) is 27.9 Å². The number of pyridine rings is 1. The van der Waals surface area contributed by atoms with Crippen LogP contribution in [0.1, 0.15) is 73.6 Å². The van der Waals surface area contributed by atoms with Gasteiger partial charge in [0.25, 0.3) is 5.56 Å². The van der Waals surface area contributed by atoms with Crippen LogP contribution in [0.4, 0.5) is 11.8 Å². The topological polar surface area (TPSA) is 379 Å². The third-order valence-electron chi connectivity index (χ3n) is 12.4. The van der Waals surface area contributed by atoms with Crippen molar-refractivity contribution in [3.8, 4) is 11.8 Å². The molecule has 0 aromatic carbocycles. The Morgan fingerprint density at radius 3 is 2.15 bits per heavy atom. The van der Waals surface area contributed by atoms with Crippen LogP contribution < -0.4 is 27.2 Å². The van der Waals surface area contributed by atoms with Crippen molar-refractivity contribution in [2.24, 2.45) is 12.8 Å². The number of nitrogens with one attached hydrogen (secondary N) is 1. The Kier molecular flexibility index (Phi) is 21.4. The summed E-state index contributed by atoms with van der Waals surface area (Å²) in [6, 6.07) is 3.09. The molecule has 0 bridgehead atoms. The van der Waals surface area contributed by atoms with E-state index in [1.807, 2.05) is 4.90 Å². The molecule has 0 radical (unpaired) electrons. The van der Waals surface area contributed by atoms with E-state index in [-0.39, 0.29) is 48.1 Å². The minimum atomic E-state index is -1.92. The Morgan fingerprint density at radius 1 is 0.901 bits per heavy atom. The van der Waals surface area contributed by atoms with Crippen LogP contribution in [0, 0.1) is 11.8 Å². The lowest BCUT2D eigenvalue weighted by atomic mass is 10.0. The fraction of sp³-hybridized carbons (Fsp3) is 0.667. The molecule has 1 aliphatic rings. The highest BCUT2D eigenvalue weighted by molar-refractivity contribution is 5.90. The van der Waals surface area contributed by atoms with Gasteiger partial charge in [0.1, 0.15) is 42.4 Å². The molecule has 0 amide bonds. The number of aliphatic hydroxyl groups excluding tert-OH is 10. The summed E-state index contributed by atoms with van der Waals surface area (Å²) in [4.78, 5) is 53.7. The minimum absolute atomic E-state index is 0.0727. The van der Waals surface area contributed by atoms with Crippen molar-refractivity contribution in [2.45, 2.75) is 133 Å². The zero-order valence-electron chi connectivity index (χ0n) is 40.3. The molecule has 394 valence electrons. The lowest BCUT2D eigenvalue weighted by Gasteiger charge is -2.33. The van der Waals surface area contributed by atoms with Crippen molar-refractivity contribution < 1.29 is 60.6 Å². The van der Waals surface area contributed by atoms with Gasteiger partial charge in [-0.2, -0.15) is 4.98 Å². The Hall–Kier alpha value is -5.41. The van der Waals surface area contributed by atoms with Crippen LogP contribution in [-0.2, 0) is 38.0 Å². The van der Waals surface area contributed by atoms with Crippen LogP contribution in [0.25, 0.3) is 11.2 Å². The number of anilines is 2. The fourth-order valence-corrected chi connectivity index (χ4v) is 8.38. The van der Waals surface area contributed by atoms with Crippen molar-refractivity contribution >= 4 is 28.9 Å². The summed E-state index contributed by atoms with van der Waals surface area (Å²) in [7, 11) is 2.77. The maximum Gasteiger partial charge on any atom is 0.339 e. The van der Waals surface area contributed by atoms with E-state index in [0.29, 0.717) is 43.6 Å². The number of nitrogens with zero attached hydrogens (tertiary/aromatic N) is 10. The Labute approximate surface area is 409 Å². The summed E-state index contributed by atoms with van der Waals surface area (Å²) in [6.07, 6.45) is -7.28. The number of esters is 1. The number of unbranched alkanes of at least 4 members (excludes halogenated alkanes) is 4. The molecule has 26 heteroatoms. The van der Waals surface area contributed by atoms with E-state index in [2.05, 4.69) is 32.5 Å². The number of imidazole rings is 1. The summed E-state index contributed by atoms with van der Waals surface area (Å²) >= 11 is 0. The molecule has 5 rings (SSSR count). The SMILES string of the molecule is CC#CCn1c(N2CCCC(N)C2)nc2c1c(=O)n(Cc1nc(NCCCCCCCn3cc(CN(C[C@H](O)[C@@H](O)[C@H](O)[C@H](O)CO)C[C@H](O)[C@@H](O)[C@H](O)[C@H](O)CO)nn3)ccc1C(=O)OC)c(=O)n2C. The highest BCUT2D eigenvalue weighted by Crippen LogP contribution is 2.24. The maximum absolute atomic E-state index is 14.3. The summed E-state index contributed by atoms with van der Waals surface area (Å²) < 4.78 is 10.7. The summed E-state index contributed by atoms with van der Waals surface area (Å²) in [5.41, 5.74) is 6.03. The zero-order chi connectivity index (χ0) is 51.9. The van der Waals surface area contributed by atoms with E-state index in [0.717, 1.165) is 49.5 Å². The Balaban J connectivity index is 1.17. The fourth-order valence-electron chi connectivity index (χ4n) is 8.38. The summed E-state index contributed by atoms with van der Waals surface area (Å²) in [5.74, 6) is 6.13. The van der Waals surface area contributed by atoms with E-state index in [1.54, 1.807) is 28.4 Å². The van der Waals surface area contributed by atoms with E-state index in [4.69, 9.17) is 25.7 Å². The van der Waals surface area contributed by atoms with E-state index < -0.39 is 92.4 Å². The zero-order valence-corrected chi connectivity index (χ0v) is 40.3. The van der Waals surface area contributed by atoms with Gasteiger partial charge in [0.15, 0.2) is 11.2 Å². The van der Waals surface area contributed by atoms with Gasteiger partial charge < -0.3 is 71.8 Å². The molecule has 13 N–H and O–H groups in total. The number of piperidine rings is 1. The van der Waals surface area contributed by atoms with Crippen molar-refractivity contribution in [2.75, 3.05) is 63.3 Å². The second-order valence-electron chi connectivity index (χ2n) is 17.8. The van der Waals surface area contributed by atoms with Crippen LogP contribution in [0.2, 0.25) is 0 Å². The first-order valence-corrected chi connectivity index (χ1v) is 23.6. The summed E-state index contributed by atoms with van der Waals surface area (Å²) in [6.45, 7) is 0.973. The number of aryl methyl sites for hydroxylation is 2. The van der Waals surface area contributed by atoms with Crippen molar-refractivity contribution in [1.82, 2.24) is 43.6 Å². The monoisotopic (exact) mass is 1000 g/mol. The van der Waals surface area contributed by atoms with Gasteiger partial charge in [-0.25, -0.2) is 14.6 Å². The molecule has 0 spiro atoms. The quantitative estimate of drug-likeness (QED) is 0.0145. The molecule has 1 aliphatic heterocycles. The number of hydrogen-bond donors (Lipinski definition) is 12. The maximum atomic E-state index is 14.3. The number of methoxy groups -OCH3 is 1. The number of carbonyl (C=O) groups excluding carboxylic acids is 1. The molecule has 1 fully saturated rings. The molecule has 4 aromatic heterocycles. The number of rotatable bonds is 28. The number of aliphatic hydroxyl groups is 10. The van der Waals surface area contributed by atoms with Gasteiger partial charge in [-0.15, -0.1) is 11.0 Å². The first kappa shape index (κ1) is 56.5. The normalized spacial score (nSPS) is 17.6. The molecule has 9 atom stereocenters. The molecule has 0 aliphatic carbocycles. The van der Waals surface area contributed by atoms with Gasteiger partial charge in [-0.05, 0) is 44.7 Å². The molecule has 26 nitrogen and oxygen atoms in total. The van der Waals surface area contributed by atoms with Gasteiger partial charge in [-0.3, -0.25) is 28.1 Å². The van der Waals surface area contributed by atoms with Gasteiger partial charge in [-0.1, -0.05) is 30.4 Å². The van der Waals surface area contributed by atoms with Gasteiger partial charge >= 0.3 is 11.7 Å². The lowest BCUT2D eigenvalue weighted by molar-refractivity contribution is -0.131. The van der Waals surface area contributed by atoms with Crippen LogP contribution in [0.5, 0.6) is 0 Å². The largest absolute Gasteiger partial charge is 0.465 e. The highest BCUT2D eigenvalue weighted by Gasteiger charge is 2.35. The molecular formula is C45H70N12O14. The molecule has 0 saturated carbocycles. The molecule has 5 heterocycles. The van der Waals surface area contributed by atoms with E-state index >= 15 is 0 Å². The Morgan fingerprint density at radius 2 is 1.54 bits per heavy atom.